The normalized spacial score (nSPS) is 10.8. The molecule has 0 amide bonds. The minimum absolute atomic E-state index is 0.731. The Bertz CT molecular complexity index is 321. The van der Waals surface area contributed by atoms with Crippen LogP contribution in [0.25, 0.3) is 0 Å². The van der Waals surface area contributed by atoms with Crippen LogP contribution in [0.15, 0.2) is 21.6 Å². The summed E-state index contributed by atoms with van der Waals surface area (Å²) in [7, 11) is 3.85. The summed E-state index contributed by atoms with van der Waals surface area (Å²) in [6.45, 7) is 1.94. The molecule has 0 N–H and O–H groups in total. The predicted molar refractivity (Wildman–Crippen MR) is 58.5 cm³/mol. The van der Waals surface area contributed by atoms with Crippen molar-refractivity contribution in [3.8, 4) is 0 Å². The van der Waals surface area contributed by atoms with Gasteiger partial charge in [-0.05, 0) is 35.0 Å². The average molecular weight is 242 g/mol. The Labute approximate surface area is 86.6 Å². The summed E-state index contributed by atoms with van der Waals surface area (Å²) in [6, 6.07) is 3.82. The first-order chi connectivity index (χ1) is 6.09. The molecule has 1 aromatic rings. The average Bonchev–Trinajstić information content (AvgIpc) is 2.07. The highest BCUT2D eigenvalue weighted by molar-refractivity contribution is 9.10. The molecule has 0 aliphatic rings. The smallest absolute Gasteiger partial charge is 0.153 e. The summed E-state index contributed by atoms with van der Waals surface area (Å²) in [6.07, 6.45) is 1.73. The fraction of sp³-hybridized carbons (Fsp3) is 0.333. The molecular weight excluding hydrogens is 230 g/mol. The number of rotatable bonds is 2. The Kier molecular flexibility index (Phi) is 3.42. The molecule has 0 bridgehead atoms. The zero-order chi connectivity index (χ0) is 9.84. The van der Waals surface area contributed by atoms with Gasteiger partial charge in [0.25, 0.3) is 0 Å². The van der Waals surface area contributed by atoms with Crippen molar-refractivity contribution in [2.45, 2.75) is 6.92 Å². The monoisotopic (exact) mass is 241 g/mol. The van der Waals surface area contributed by atoms with Crippen LogP contribution in [0.3, 0.4) is 0 Å². The van der Waals surface area contributed by atoms with Gasteiger partial charge >= 0.3 is 0 Å². The van der Waals surface area contributed by atoms with Crippen molar-refractivity contribution in [3.05, 3.63) is 22.3 Å². The Hall–Kier alpha value is -0.900. The van der Waals surface area contributed by atoms with Gasteiger partial charge in [0, 0.05) is 18.6 Å². The van der Waals surface area contributed by atoms with E-state index in [0.29, 0.717) is 0 Å². The summed E-state index contributed by atoms with van der Waals surface area (Å²) in [5.74, 6) is 0.731. The first-order valence-corrected chi connectivity index (χ1v) is 4.72. The first kappa shape index (κ1) is 10.2. The topological polar surface area (TPSA) is 28.5 Å². The van der Waals surface area contributed by atoms with Crippen molar-refractivity contribution in [2.24, 2.45) is 4.99 Å². The van der Waals surface area contributed by atoms with Crippen molar-refractivity contribution in [1.29, 1.82) is 0 Å². The number of aryl methyl sites for hydroxylation is 1. The van der Waals surface area contributed by atoms with Gasteiger partial charge in [0.2, 0.25) is 0 Å². The quantitative estimate of drug-likeness (QED) is 0.588. The first-order valence-electron chi connectivity index (χ1n) is 3.93. The van der Waals surface area contributed by atoms with Crippen LogP contribution in [-0.4, -0.2) is 30.3 Å². The fourth-order valence-corrected chi connectivity index (χ4v) is 0.998. The maximum atomic E-state index is 4.27. The van der Waals surface area contributed by atoms with Gasteiger partial charge in [-0.3, -0.25) is 0 Å². The zero-order valence-corrected chi connectivity index (χ0v) is 9.54. The largest absolute Gasteiger partial charge is 0.369 e. The molecule has 0 radical (unpaired) electrons. The molecule has 0 aliphatic carbocycles. The van der Waals surface area contributed by atoms with Crippen LogP contribution in [0.5, 0.6) is 0 Å². The highest BCUT2D eigenvalue weighted by Gasteiger charge is 1.96. The van der Waals surface area contributed by atoms with Crippen molar-refractivity contribution in [2.75, 3.05) is 14.1 Å². The van der Waals surface area contributed by atoms with Crippen molar-refractivity contribution in [3.63, 3.8) is 0 Å². The Morgan fingerprint density at radius 1 is 1.46 bits per heavy atom. The molecule has 0 spiro atoms. The van der Waals surface area contributed by atoms with Gasteiger partial charge in [0.15, 0.2) is 5.82 Å². The van der Waals surface area contributed by atoms with E-state index in [1.165, 1.54) is 0 Å². The lowest BCUT2D eigenvalue weighted by Crippen LogP contribution is -2.07. The second-order valence-electron chi connectivity index (χ2n) is 2.94. The molecule has 1 aromatic heterocycles. The molecule has 0 aliphatic heterocycles. The van der Waals surface area contributed by atoms with E-state index in [1.54, 1.807) is 6.34 Å². The van der Waals surface area contributed by atoms with Gasteiger partial charge in [0.05, 0.1) is 12.0 Å². The van der Waals surface area contributed by atoms with Crippen molar-refractivity contribution in [1.82, 2.24) is 9.88 Å². The third-order valence-corrected chi connectivity index (χ3v) is 2.27. The lowest BCUT2D eigenvalue weighted by molar-refractivity contribution is 0.643. The molecule has 0 saturated carbocycles. The van der Waals surface area contributed by atoms with E-state index in [4.69, 9.17) is 0 Å². The Morgan fingerprint density at radius 3 is 2.69 bits per heavy atom. The number of nitrogens with zero attached hydrogens (tertiary/aromatic N) is 3. The van der Waals surface area contributed by atoms with E-state index in [1.807, 2.05) is 38.1 Å². The predicted octanol–water partition coefficient (Wildman–Crippen LogP) is 2.37. The molecule has 0 saturated heterocycles. The SMILES string of the molecule is Cc1nc(N=CN(C)C)ccc1Br. The highest BCUT2D eigenvalue weighted by atomic mass is 79.9. The zero-order valence-electron chi connectivity index (χ0n) is 7.95. The second-order valence-corrected chi connectivity index (χ2v) is 3.80. The third kappa shape index (κ3) is 3.14. The minimum atomic E-state index is 0.731. The van der Waals surface area contributed by atoms with E-state index in [2.05, 4.69) is 25.9 Å². The summed E-state index contributed by atoms with van der Waals surface area (Å²) in [4.78, 5) is 10.3. The van der Waals surface area contributed by atoms with E-state index in [9.17, 15) is 0 Å². The van der Waals surface area contributed by atoms with Gasteiger partial charge in [-0.2, -0.15) is 0 Å². The standard InChI is InChI=1S/C9H12BrN3/c1-7-8(10)4-5-9(12-7)11-6-13(2)3/h4-6H,1-3H3. The molecule has 1 heterocycles. The molecule has 70 valence electrons. The molecule has 3 nitrogen and oxygen atoms in total. The molecule has 0 unspecified atom stereocenters. The Balaban J connectivity index is 2.85. The van der Waals surface area contributed by atoms with Crippen LogP contribution in [0.2, 0.25) is 0 Å². The van der Waals surface area contributed by atoms with Crippen LogP contribution >= 0.6 is 15.9 Å². The van der Waals surface area contributed by atoms with E-state index in [-0.39, 0.29) is 0 Å². The third-order valence-electron chi connectivity index (χ3n) is 1.43. The number of pyridine rings is 1. The van der Waals surface area contributed by atoms with Gasteiger partial charge in [0.1, 0.15) is 0 Å². The summed E-state index contributed by atoms with van der Waals surface area (Å²) in [5.41, 5.74) is 0.952. The van der Waals surface area contributed by atoms with Crippen LogP contribution in [0, 0.1) is 6.92 Å². The van der Waals surface area contributed by atoms with Crippen LogP contribution < -0.4 is 0 Å². The number of hydrogen-bond acceptors (Lipinski definition) is 2. The van der Waals surface area contributed by atoms with Gasteiger partial charge in [-0.1, -0.05) is 0 Å². The van der Waals surface area contributed by atoms with Crippen molar-refractivity contribution >= 4 is 28.1 Å². The summed E-state index contributed by atoms with van der Waals surface area (Å²) in [5, 5.41) is 0. The molecule has 0 atom stereocenters. The number of hydrogen-bond donors (Lipinski definition) is 0. The fourth-order valence-electron chi connectivity index (χ4n) is 0.777. The van der Waals surface area contributed by atoms with Crippen LogP contribution in [0.1, 0.15) is 5.69 Å². The maximum Gasteiger partial charge on any atom is 0.153 e. The maximum absolute atomic E-state index is 4.27. The lowest BCUT2D eigenvalue weighted by atomic mass is 10.4. The van der Waals surface area contributed by atoms with E-state index >= 15 is 0 Å². The van der Waals surface area contributed by atoms with Gasteiger partial charge in [-0.25, -0.2) is 9.98 Å². The van der Waals surface area contributed by atoms with Crippen LogP contribution in [-0.2, 0) is 0 Å². The van der Waals surface area contributed by atoms with Gasteiger partial charge < -0.3 is 4.90 Å². The molecule has 1 rings (SSSR count). The summed E-state index contributed by atoms with van der Waals surface area (Å²) >= 11 is 3.38. The van der Waals surface area contributed by atoms with Crippen molar-refractivity contribution < 1.29 is 0 Å². The number of aliphatic imine (C=N–C) groups is 1. The highest BCUT2D eigenvalue weighted by Crippen LogP contribution is 2.17. The lowest BCUT2D eigenvalue weighted by Gasteiger charge is -2.02. The molecule has 0 fully saturated rings. The summed E-state index contributed by atoms with van der Waals surface area (Å²) < 4.78 is 1.01. The van der Waals surface area contributed by atoms with E-state index in [0.717, 1.165) is 16.0 Å². The second kappa shape index (κ2) is 4.37. The minimum Gasteiger partial charge on any atom is -0.369 e. The van der Waals surface area contributed by atoms with Crippen LogP contribution in [0.4, 0.5) is 5.82 Å². The Morgan fingerprint density at radius 2 is 2.15 bits per heavy atom. The van der Waals surface area contributed by atoms with Gasteiger partial charge in [-0.15, -0.1) is 0 Å². The number of halogens is 1. The molecular formula is C9H12BrN3. The molecule has 4 heteroatoms. The molecule has 0 aromatic carbocycles. The number of aromatic nitrogens is 1. The van der Waals surface area contributed by atoms with E-state index < -0.39 is 0 Å². The molecule has 13 heavy (non-hydrogen) atoms.